The standard InChI is InChI=1S/C14H17N5O3S/c1-18-6-4-15-11(18)9-3-5-19(7-9)14(21)17-12-10(13(20)22-2)16-8-23-12/h4,6,8-9H,3,5,7H2,1-2H3,(H,17,21). The van der Waals surface area contributed by atoms with E-state index < -0.39 is 5.97 Å². The fraction of sp³-hybridized carbons (Fsp3) is 0.429. The van der Waals surface area contributed by atoms with Gasteiger partial charge in [-0.25, -0.2) is 19.6 Å². The van der Waals surface area contributed by atoms with Crippen LogP contribution in [0.1, 0.15) is 28.7 Å². The molecule has 1 unspecified atom stereocenters. The van der Waals surface area contributed by atoms with Crippen LogP contribution in [0.25, 0.3) is 0 Å². The Kier molecular flexibility index (Phi) is 4.28. The second-order valence-corrected chi connectivity index (χ2v) is 6.13. The van der Waals surface area contributed by atoms with Crippen molar-refractivity contribution in [3.63, 3.8) is 0 Å². The number of hydrogen-bond acceptors (Lipinski definition) is 6. The number of nitrogens with one attached hydrogen (secondary N) is 1. The van der Waals surface area contributed by atoms with Gasteiger partial charge in [0.25, 0.3) is 0 Å². The number of nitrogens with zero attached hydrogens (tertiary/aromatic N) is 4. The number of esters is 1. The molecule has 2 amide bonds. The summed E-state index contributed by atoms with van der Waals surface area (Å²) in [6.45, 7) is 1.25. The number of aromatic nitrogens is 3. The lowest BCUT2D eigenvalue weighted by molar-refractivity contribution is 0.0596. The molecule has 1 N–H and O–H groups in total. The van der Waals surface area contributed by atoms with Gasteiger partial charge < -0.3 is 14.2 Å². The Hall–Kier alpha value is -2.42. The lowest BCUT2D eigenvalue weighted by Crippen LogP contribution is -2.33. The second-order valence-electron chi connectivity index (χ2n) is 5.28. The highest BCUT2D eigenvalue weighted by Gasteiger charge is 2.30. The lowest BCUT2D eigenvalue weighted by atomic mass is 10.1. The Morgan fingerprint density at radius 2 is 2.26 bits per heavy atom. The van der Waals surface area contributed by atoms with Gasteiger partial charge in [0.2, 0.25) is 0 Å². The van der Waals surface area contributed by atoms with Crippen LogP contribution in [0.15, 0.2) is 17.9 Å². The van der Waals surface area contributed by atoms with Gasteiger partial charge in [-0.3, -0.25) is 5.32 Å². The van der Waals surface area contributed by atoms with Gasteiger partial charge in [-0.15, -0.1) is 11.3 Å². The topological polar surface area (TPSA) is 89.3 Å². The minimum Gasteiger partial charge on any atom is -0.464 e. The van der Waals surface area contributed by atoms with Crippen LogP contribution >= 0.6 is 11.3 Å². The summed E-state index contributed by atoms with van der Waals surface area (Å²) in [5, 5.41) is 3.15. The van der Waals surface area contributed by atoms with Crippen molar-refractivity contribution in [1.29, 1.82) is 0 Å². The Morgan fingerprint density at radius 3 is 2.96 bits per heavy atom. The summed E-state index contributed by atoms with van der Waals surface area (Å²) in [6, 6.07) is -0.240. The first-order valence-electron chi connectivity index (χ1n) is 7.15. The third-order valence-electron chi connectivity index (χ3n) is 3.87. The Morgan fingerprint density at radius 1 is 1.43 bits per heavy atom. The van der Waals surface area contributed by atoms with E-state index in [1.165, 1.54) is 24.0 Å². The molecule has 1 aliphatic rings. The van der Waals surface area contributed by atoms with E-state index in [-0.39, 0.29) is 17.6 Å². The zero-order chi connectivity index (χ0) is 16.4. The van der Waals surface area contributed by atoms with Crippen molar-refractivity contribution >= 4 is 28.3 Å². The molecule has 0 bridgehead atoms. The third kappa shape index (κ3) is 3.04. The summed E-state index contributed by atoms with van der Waals surface area (Å²) >= 11 is 1.19. The van der Waals surface area contributed by atoms with Crippen molar-refractivity contribution in [2.24, 2.45) is 7.05 Å². The van der Waals surface area contributed by atoms with E-state index in [1.807, 2.05) is 17.8 Å². The summed E-state index contributed by atoms with van der Waals surface area (Å²) in [4.78, 5) is 34.0. The van der Waals surface area contributed by atoms with Crippen LogP contribution in [0.3, 0.4) is 0 Å². The summed E-state index contributed by atoms with van der Waals surface area (Å²) < 4.78 is 6.63. The highest BCUT2D eigenvalue weighted by atomic mass is 32.1. The van der Waals surface area contributed by atoms with Crippen LogP contribution in [0.2, 0.25) is 0 Å². The van der Waals surface area contributed by atoms with Crippen molar-refractivity contribution in [3.05, 3.63) is 29.4 Å². The van der Waals surface area contributed by atoms with Gasteiger partial charge in [0.15, 0.2) is 5.69 Å². The molecule has 2 aromatic rings. The van der Waals surface area contributed by atoms with Crippen molar-refractivity contribution < 1.29 is 14.3 Å². The van der Waals surface area contributed by atoms with Crippen molar-refractivity contribution in [2.75, 3.05) is 25.5 Å². The number of carbonyl (C=O) groups excluding carboxylic acids is 2. The fourth-order valence-corrected chi connectivity index (χ4v) is 3.34. The van der Waals surface area contributed by atoms with Crippen LogP contribution in [0.4, 0.5) is 9.80 Å². The molecule has 0 spiro atoms. The number of carbonyl (C=O) groups is 2. The van der Waals surface area contributed by atoms with Gasteiger partial charge in [0, 0.05) is 38.4 Å². The molecule has 1 atom stereocenters. The molecular formula is C14H17N5O3S. The maximum atomic E-state index is 12.4. The molecule has 0 saturated carbocycles. The molecule has 2 aromatic heterocycles. The minimum atomic E-state index is -0.561. The Labute approximate surface area is 137 Å². The number of hydrogen-bond donors (Lipinski definition) is 1. The lowest BCUT2D eigenvalue weighted by Gasteiger charge is -2.17. The first-order valence-corrected chi connectivity index (χ1v) is 8.03. The van der Waals surface area contributed by atoms with E-state index in [0.29, 0.717) is 18.1 Å². The molecule has 9 heteroatoms. The SMILES string of the molecule is COC(=O)c1ncsc1NC(=O)N1CCC(c2nccn2C)C1. The molecule has 3 heterocycles. The smallest absolute Gasteiger partial charge is 0.359 e. The zero-order valence-electron chi connectivity index (χ0n) is 12.9. The minimum absolute atomic E-state index is 0.130. The Balaban J connectivity index is 1.65. The molecule has 1 saturated heterocycles. The van der Waals surface area contributed by atoms with Crippen LogP contribution in [0, 0.1) is 0 Å². The second kappa shape index (κ2) is 6.37. The molecule has 3 rings (SSSR count). The number of methoxy groups -OCH3 is 1. The van der Waals surface area contributed by atoms with Crippen LogP contribution < -0.4 is 5.32 Å². The average Bonchev–Trinajstić information content (AvgIpc) is 3.26. The van der Waals surface area contributed by atoms with Gasteiger partial charge in [0.1, 0.15) is 10.8 Å². The van der Waals surface area contributed by atoms with Gasteiger partial charge in [-0.2, -0.15) is 0 Å². The summed E-state index contributed by atoms with van der Waals surface area (Å²) in [5.74, 6) is 0.643. The molecule has 8 nitrogen and oxygen atoms in total. The van der Waals surface area contributed by atoms with E-state index in [1.54, 1.807) is 11.1 Å². The number of imidazole rings is 1. The van der Waals surface area contributed by atoms with E-state index >= 15 is 0 Å². The monoisotopic (exact) mass is 335 g/mol. The van der Waals surface area contributed by atoms with Gasteiger partial charge in [-0.05, 0) is 6.42 Å². The van der Waals surface area contributed by atoms with E-state index in [4.69, 9.17) is 0 Å². The van der Waals surface area contributed by atoms with Crippen LogP contribution in [-0.2, 0) is 11.8 Å². The number of amides is 2. The predicted octanol–water partition coefficient (Wildman–Crippen LogP) is 1.68. The number of rotatable bonds is 3. The van der Waals surface area contributed by atoms with Crippen molar-refractivity contribution in [3.8, 4) is 0 Å². The summed E-state index contributed by atoms with van der Waals surface area (Å²) in [6.07, 6.45) is 4.53. The number of likely N-dealkylation sites (tertiary alicyclic amines) is 1. The molecular weight excluding hydrogens is 318 g/mol. The zero-order valence-corrected chi connectivity index (χ0v) is 13.7. The normalized spacial score (nSPS) is 17.3. The fourth-order valence-electron chi connectivity index (χ4n) is 2.68. The first kappa shape index (κ1) is 15.5. The van der Waals surface area contributed by atoms with E-state index in [2.05, 4.69) is 20.0 Å². The number of aryl methyl sites for hydroxylation is 1. The molecule has 23 heavy (non-hydrogen) atoms. The molecule has 1 fully saturated rings. The first-order chi connectivity index (χ1) is 11.1. The quantitative estimate of drug-likeness (QED) is 0.862. The number of anilines is 1. The number of urea groups is 1. The van der Waals surface area contributed by atoms with Gasteiger partial charge in [-0.1, -0.05) is 0 Å². The molecule has 0 radical (unpaired) electrons. The van der Waals surface area contributed by atoms with Gasteiger partial charge >= 0.3 is 12.0 Å². The summed E-state index contributed by atoms with van der Waals surface area (Å²) in [7, 11) is 3.23. The van der Waals surface area contributed by atoms with Crippen LogP contribution in [0.5, 0.6) is 0 Å². The van der Waals surface area contributed by atoms with E-state index in [0.717, 1.165) is 12.2 Å². The highest BCUT2D eigenvalue weighted by molar-refractivity contribution is 7.14. The predicted molar refractivity (Wildman–Crippen MR) is 84.6 cm³/mol. The molecule has 122 valence electrons. The number of ether oxygens (including phenoxy) is 1. The average molecular weight is 335 g/mol. The highest BCUT2D eigenvalue weighted by Crippen LogP contribution is 2.27. The largest absolute Gasteiger partial charge is 0.464 e. The van der Waals surface area contributed by atoms with Crippen LogP contribution in [-0.4, -0.2) is 51.6 Å². The summed E-state index contributed by atoms with van der Waals surface area (Å²) in [5.41, 5.74) is 1.63. The maximum absolute atomic E-state index is 12.4. The molecule has 0 aliphatic carbocycles. The maximum Gasteiger partial charge on any atom is 0.359 e. The Bertz CT molecular complexity index is 726. The van der Waals surface area contributed by atoms with Crippen molar-refractivity contribution in [1.82, 2.24) is 19.4 Å². The third-order valence-corrected chi connectivity index (χ3v) is 4.61. The molecule has 0 aromatic carbocycles. The number of thiazole rings is 1. The molecule has 1 aliphatic heterocycles. The van der Waals surface area contributed by atoms with Gasteiger partial charge in [0.05, 0.1) is 12.6 Å². The van der Waals surface area contributed by atoms with Crippen molar-refractivity contribution in [2.45, 2.75) is 12.3 Å². The van der Waals surface area contributed by atoms with E-state index in [9.17, 15) is 9.59 Å².